The fourth-order valence-electron chi connectivity index (χ4n) is 2.44. The number of rotatable bonds is 10. The van der Waals surface area contributed by atoms with Crippen LogP contribution in [0.1, 0.15) is 23.2 Å². The molecule has 0 heterocycles. The second-order valence-electron chi connectivity index (χ2n) is 6.40. The van der Waals surface area contributed by atoms with E-state index in [9.17, 15) is 4.79 Å². The number of likely N-dealkylation sites (N-methyl/N-ethyl adjacent to an activating group) is 1. The van der Waals surface area contributed by atoms with Crippen molar-refractivity contribution < 1.29 is 14.3 Å². The monoisotopic (exact) mass is 362 g/mol. The van der Waals surface area contributed by atoms with Crippen LogP contribution >= 0.6 is 0 Å². The Hall–Kier alpha value is -2.28. The van der Waals surface area contributed by atoms with Crippen molar-refractivity contribution in [1.82, 2.24) is 15.5 Å². The first-order valence-corrected chi connectivity index (χ1v) is 9.05. The summed E-state index contributed by atoms with van der Waals surface area (Å²) in [6.45, 7) is 3.44. The molecule has 26 heavy (non-hydrogen) atoms. The van der Waals surface area contributed by atoms with Crippen LogP contribution in [0.4, 0.5) is 0 Å². The van der Waals surface area contributed by atoms with Crippen LogP contribution in [-0.2, 0) is 4.74 Å². The minimum atomic E-state index is -0.123. The number of amides is 1. The lowest BCUT2D eigenvalue weighted by molar-refractivity contribution is 0.0954. The highest BCUT2D eigenvalue weighted by molar-refractivity contribution is 5.94. The van der Waals surface area contributed by atoms with Gasteiger partial charge in [0.05, 0.1) is 13.7 Å². The number of carbonyl (C=O) groups is 1. The third-order valence-corrected chi connectivity index (χ3v) is 4.22. The normalized spacial score (nSPS) is 14.0. The number of aliphatic imine (C=N–C) groups is 1. The number of hydrogen-bond acceptors (Lipinski definition) is 4. The van der Waals surface area contributed by atoms with E-state index in [4.69, 9.17) is 9.47 Å². The molecule has 7 heteroatoms. The van der Waals surface area contributed by atoms with Gasteiger partial charge in [0, 0.05) is 45.9 Å². The maximum atomic E-state index is 12.1. The highest BCUT2D eigenvalue weighted by atomic mass is 16.5. The number of guanidine groups is 1. The van der Waals surface area contributed by atoms with Gasteiger partial charge in [-0.1, -0.05) is 6.07 Å². The van der Waals surface area contributed by atoms with E-state index < -0.39 is 0 Å². The van der Waals surface area contributed by atoms with Crippen LogP contribution < -0.4 is 15.4 Å². The van der Waals surface area contributed by atoms with E-state index in [-0.39, 0.29) is 5.91 Å². The second-order valence-corrected chi connectivity index (χ2v) is 6.40. The van der Waals surface area contributed by atoms with E-state index in [1.54, 1.807) is 32.4 Å². The Morgan fingerprint density at radius 3 is 2.77 bits per heavy atom. The zero-order valence-corrected chi connectivity index (χ0v) is 16.0. The Balaban J connectivity index is 1.63. The van der Waals surface area contributed by atoms with E-state index in [0.717, 1.165) is 25.0 Å². The Labute approximate surface area is 155 Å². The molecule has 1 fully saturated rings. The zero-order valence-electron chi connectivity index (χ0n) is 16.0. The van der Waals surface area contributed by atoms with Crippen molar-refractivity contribution in [3.63, 3.8) is 0 Å². The van der Waals surface area contributed by atoms with Crippen molar-refractivity contribution in [2.45, 2.75) is 12.8 Å². The summed E-state index contributed by atoms with van der Waals surface area (Å²) in [5, 5.41) is 6.13. The average Bonchev–Trinajstić information content (AvgIpc) is 3.49. The number of benzene rings is 1. The van der Waals surface area contributed by atoms with E-state index in [1.807, 2.05) is 18.0 Å². The number of nitrogens with one attached hydrogen (secondary N) is 2. The van der Waals surface area contributed by atoms with E-state index in [0.29, 0.717) is 31.0 Å². The van der Waals surface area contributed by atoms with Gasteiger partial charge in [0.2, 0.25) is 0 Å². The highest BCUT2D eigenvalue weighted by Gasteiger charge is 2.21. The minimum Gasteiger partial charge on any atom is -0.497 e. The zero-order chi connectivity index (χ0) is 18.8. The summed E-state index contributed by atoms with van der Waals surface area (Å²) in [5.74, 6) is 2.12. The molecular weight excluding hydrogens is 332 g/mol. The van der Waals surface area contributed by atoms with Crippen LogP contribution in [0.5, 0.6) is 5.75 Å². The first-order chi connectivity index (χ1) is 12.6. The van der Waals surface area contributed by atoms with Crippen LogP contribution in [0.2, 0.25) is 0 Å². The van der Waals surface area contributed by atoms with Gasteiger partial charge in [0.25, 0.3) is 5.91 Å². The van der Waals surface area contributed by atoms with Gasteiger partial charge < -0.3 is 25.0 Å². The lowest BCUT2D eigenvalue weighted by Gasteiger charge is -2.22. The van der Waals surface area contributed by atoms with Gasteiger partial charge in [-0.25, -0.2) is 0 Å². The molecule has 1 aromatic carbocycles. The van der Waals surface area contributed by atoms with Crippen LogP contribution in [0.15, 0.2) is 29.3 Å². The molecule has 0 aromatic heterocycles. The van der Waals surface area contributed by atoms with Crippen LogP contribution in [0.3, 0.4) is 0 Å². The van der Waals surface area contributed by atoms with Crippen LogP contribution in [0, 0.1) is 5.92 Å². The lowest BCUT2D eigenvalue weighted by Crippen LogP contribution is -2.43. The second kappa shape index (κ2) is 10.7. The van der Waals surface area contributed by atoms with Gasteiger partial charge in [0.15, 0.2) is 5.96 Å². The van der Waals surface area contributed by atoms with E-state index >= 15 is 0 Å². The van der Waals surface area contributed by atoms with E-state index in [2.05, 4.69) is 15.6 Å². The van der Waals surface area contributed by atoms with Crippen molar-refractivity contribution in [1.29, 1.82) is 0 Å². The van der Waals surface area contributed by atoms with Crippen LogP contribution in [-0.4, -0.2) is 70.8 Å². The topological polar surface area (TPSA) is 75.2 Å². The van der Waals surface area contributed by atoms with Crippen molar-refractivity contribution in [2.75, 3.05) is 54.1 Å². The van der Waals surface area contributed by atoms with Crippen molar-refractivity contribution in [3.05, 3.63) is 29.8 Å². The minimum absolute atomic E-state index is 0.123. The molecule has 2 rings (SSSR count). The smallest absolute Gasteiger partial charge is 0.251 e. The quantitative estimate of drug-likeness (QED) is 0.373. The molecule has 0 spiro atoms. The van der Waals surface area contributed by atoms with Gasteiger partial charge in [-0.15, -0.1) is 0 Å². The Morgan fingerprint density at radius 1 is 1.31 bits per heavy atom. The fraction of sp³-hybridized carbons (Fsp3) is 0.579. The standard InChI is InChI=1S/C19H30N4O3/c1-20-19(23(2)11-12-26-14-15-7-8-15)22-10-9-21-18(24)16-5-4-6-17(13-16)25-3/h4-6,13,15H,7-12,14H2,1-3H3,(H,20,22)(H,21,24). The summed E-state index contributed by atoms with van der Waals surface area (Å²) in [6.07, 6.45) is 2.61. The molecule has 0 saturated heterocycles. The molecule has 0 bridgehead atoms. The largest absolute Gasteiger partial charge is 0.497 e. The fourth-order valence-corrected chi connectivity index (χ4v) is 2.44. The molecule has 1 aliphatic carbocycles. The molecule has 1 aromatic rings. The van der Waals surface area contributed by atoms with Crippen molar-refractivity contribution >= 4 is 11.9 Å². The molecule has 0 unspecified atom stereocenters. The molecule has 2 N–H and O–H groups in total. The number of carbonyl (C=O) groups excluding carboxylic acids is 1. The average molecular weight is 362 g/mol. The van der Waals surface area contributed by atoms with Crippen molar-refractivity contribution in [2.24, 2.45) is 10.9 Å². The third-order valence-electron chi connectivity index (χ3n) is 4.22. The number of ether oxygens (including phenoxy) is 2. The summed E-state index contributed by atoms with van der Waals surface area (Å²) in [7, 11) is 5.31. The highest BCUT2D eigenvalue weighted by Crippen LogP contribution is 2.28. The predicted octanol–water partition coefficient (Wildman–Crippen LogP) is 1.36. The number of hydrogen-bond donors (Lipinski definition) is 2. The molecule has 1 saturated carbocycles. The molecule has 7 nitrogen and oxygen atoms in total. The van der Waals surface area contributed by atoms with Crippen molar-refractivity contribution in [3.8, 4) is 5.75 Å². The maximum absolute atomic E-state index is 12.1. The SMILES string of the molecule is CN=C(NCCNC(=O)c1cccc(OC)c1)N(C)CCOCC1CC1. The summed E-state index contributed by atoms with van der Waals surface area (Å²) in [6, 6.07) is 7.09. The third kappa shape index (κ3) is 6.92. The summed E-state index contributed by atoms with van der Waals surface area (Å²) < 4.78 is 10.8. The first-order valence-electron chi connectivity index (χ1n) is 9.05. The maximum Gasteiger partial charge on any atom is 0.251 e. The predicted molar refractivity (Wildman–Crippen MR) is 103 cm³/mol. The molecule has 0 aliphatic heterocycles. The number of nitrogens with zero attached hydrogens (tertiary/aromatic N) is 2. The van der Waals surface area contributed by atoms with Gasteiger partial charge in [-0.3, -0.25) is 9.79 Å². The molecule has 1 amide bonds. The summed E-state index contributed by atoms with van der Waals surface area (Å²) in [5.41, 5.74) is 0.582. The lowest BCUT2D eigenvalue weighted by atomic mass is 10.2. The Kier molecular flexibility index (Phi) is 8.21. The summed E-state index contributed by atoms with van der Waals surface area (Å²) >= 11 is 0. The molecule has 0 radical (unpaired) electrons. The van der Waals surface area contributed by atoms with Gasteiger partial charge in [-0.2, -0.15) is 0 Å². The molecular formula is C19H30N4O3. The summed E-state index contributed by atoms with van der Waals surface area (Å²) in [4.78, 5) is 18.4. The Bertz CT molecular complexity index is 602. The van der Waals surface area contributed by atoms with E-state index in [1.165, 1.54) is 12.8 Å². The van der Waals surface area contributed by atoms with Gasteiger partial charge in [-0.05, 0) is 37.0 Å². The molecule has 1 aliphatic rings. The molecule has 144 valence electrons. The van der Waals surface area contributed by atoms with Gasteiger partial charge >= 0.3 is 0 Å². The molecule has 0 atom stereocenters. The number of methoxy groups -OCH3 is 1. The first kappa shape index (κ1) is 20.0. The van der Waals surface area contributed by atoms with Gasteiger partial charge in [0.1, 0.15) is 5.75 Å². The van der Waals surface area contributed by atoms with Crippen LogP contribution in [0.25, 0.3) is 0 Å². The Morgan fingerprint density at radius 2 is 2.08 bits per heavy atom.